The molecule has 0 aliphatic rings. The van der Waals surface area contributed by atoms with Crippen molar-refractivity contribution in [3.05, 3.63) is 243 Å². The lowest BCUT2D eigenvalue weighted by Crippen LogP contribution is -2.02. The van der Waals surface area contributed by atoms with Gasteiger partial charge in [-0.2, -0.15) is 0 Å². The maximum Gasteiger partial charge on any atom is 0.164 e. The lowest BCUT2D eigenvalue weighted by molar-refractivity contribution is 1.07. The number of fused-ring (bicyclic) bond motifs is 7. The molecule has 0 aliphatic heterocycles. The Morgan fingerprint density at radius 1 is 0.235 bits per heavy atom. The SMILES string of the molecule is c1ccc(-c2cc(-c3cc(-c4nc(-c5ccccc5)nc(-c5ccccc5)n4)cc(-n4c5ccccc5c5ccc6c7ccccc7n(-c7ccccc7)c6c54)c3)cc(-c3ccccc3)n2)cc1. The molecule has 4 heterocycles. The molecule has 0 N–H and O–H groups in total. The van der Waals surface area contributed by atoms with E-state index in [1.807, 2.05) is 48.5 Å². The summed E-state index contributed by atoms with van der Waals surface area (Å²) in [5.74, 6) is 1.79. The van der Waals surface area contributed by atoms with Crippen LogP contribution in [0.4, 0.5) is 0 Å². The van der Waals surface area contributed by atoms with Crippen LogP contribution < -0.4 is 0 Å². The highest BCUT2D eigenvalue weighted by Gasteiger charge is 2.23. The highest BCUT2D eigenvalue weighted by atomic mass is 15.1. The maximum absolute atomic E-state index is 5.30. The highest BCUT2D eigenvalue weighted by Crippen LogP contribution is 2.43. The maximum atomic E-state index is 5.30. The molecule has 0 atom stereocenters. The Kier molecular flexibility index (Phi) is 9.39. The molecule has 0 bridgehead atoms. The molecular weight excluding hydrogens is 829 g/mol. The molecule has 0 unspecified atom stereocenters. The second-order valence-electron chi connectivity index (χ2n) is 17.1. The molecule has 0 saturated carbocycles. The normalized spacial score (nSPS) is 11.5. The molecule has 318 valence electrons. The molecule has 13 aromatic rings. The number of aromatic nitrogens is 6. The molecule has 0 spiro atoms. The second-order valence-corrected chi connectivity index (χ2v) is 17.1. The van der Waals surface area contributed by atoms with Crippen molar-refractivity contribution in [3.63, 3.8) is 0 Å². The van der Waals surface area contributed by atoms with Crippen LogP contribution in [0.2, 0.25) is 0 Å². The third-order valence-corrected chi connectivity index (χ3v) is 12.9. The van der Waals surface area contributed by atoms with Gasteiger partial charge < -0.3 is 9.13 Å². The second kappa shape index (κ2) is 16.3. The van der Waals surface area contributed by atoms with Gasteiger partial charge in [-0.25, -0.2) is 19.9 Å². The van der Waals surface area contributed by atoms with Gasteiger partial charge in [0.25, 0.3) is 0 Å². The van der Waals surface area contributed by atoms with E-state index in [9.17, 15) is 0 Å². The molecular formula is C62H40N6. The third-order valence-electron chi connectivity index (χ3n) is 12.9. The van der Waals surface area contributed by atoms with Gasteiger partial charge in [0, 0.05) is 60.7 Å². The first kappa shape index (κ1) is 39.1. The van der Waals surface area contributed by atoms with E-state index in [0.717, 1.165) is 83.8 Å². The van der Waals surface area contributed by atoms with Crippen LogP contribution in [-0.2, 0) is 0 Å². The van der Waals surface area contributed by atoms with E-state index in [4.69, 9.17) is 19.9 Å². The molecule has 0 aliphatic carbocycles. The summed E-state index contributed by atoms with van der Waals surface area (Å²) in [7, 11) is 0. The Morgan fingerprint density at radius 2 is 0.603 bits per heavy atom. The quantitative estimate of drug-likeness (QED) is 0.153. The van der Waals surface area contributed by atoms with Gasteiger partial charge in [-0.3, -0.25) is 0 Å². The van der Waals surface area contributed by atoms with Crippen LogP contribution >= 0.6 is 0 Å². The Hall–Kier alpha value is -9.26. The van der Waals surface area contributed by atoms with E-state index in [2.05, 4.69) is 203 Å². The molecule has 68 heavy (non-hydrogen) atoms. The van der Waals surface area contributed by atoms with Crippen LogP contribution in [0.25, 0.3) is 123 Å². The zero-order chi connectivity index (χ0) is 45.0. The highest BCUT2D eigenvalue weighted by molar-refractivity contribution is 6.23. The van der Waals surface area contributed by atoms with E-state index in [1.54, 1.807) is 0 Å². The van der Waals surface area contributed by atoms with Crippen LogP contribution in [0, 0.1) is 0 Å². The van der Waals surface area contributed by atoms with Crippen molar-refractivity contribution >= 4 is 43.6 Å². The van der Waals surface area contributed by atoms with E-state index in [-0.39, 0.29) is 0 Å². The summed E-state index contributed by atoms with van der Waals surface area (Å²) in [6.07, 6.45) is 0. The Morgan fingerprint density at radius 3 is 1.09 bits per heavy atom. The number of pyridine rings is 1. The van der Waals surface area contributed by atoms with Crippen molar-refractivity contribution in [2.75, 3.05) is 0 Å². The van der Waals surface area contributed by atoms with Gasteiger partial charge in [0.15, 0.2) is 17.5 Å². The number of hydrogen-bond donors (Lipinski definition) is 0. The average Bonchev–Trinajstić information content (AvgIpc) is 3.95. The predicted octanol–water partition coefficient (Wildman–Crippen LogP) is 15.5. The minimum absolute atomic E-state index is 0.575. The zero-order valence-electron chi connectivity index (χ0n) is 36.8. The topological polar surface area (TPSA) is 61.4 Å². The number of nitrogens with zero attached hydrogens (tertiary/aromatic N) is 6. The first-order chi connectivity index (χ1) is 33.7. The van der Waals surface area contributed by atoms with Gasteiger partial charge >= 0.3 is 0 Å². The van der Waals surface area contributed by atoms with Gasteiger partial charge in [0.05, 0.1) is 33.5 Å². The van der Waals surface area contributed by atoms with Crippen molar-refractivity contribution in [1.29, 1.82) is 0 Å². The summed E-state index contributed by atoms with van der Waals surface area (Å²) in [6, 6.07) is 85.2. The number of hydrogen-bond acceptors (Lipinski definition) is 4. The fourth-order valence-electron chi connectivity index (χ4n) is 9.80. The molecule has 0 radical (unpaired) electrons. The molecule has 0 fully saturated rings. The minimum Gasteiger partial charge on any atom is -0.307 e. The lowest BCUT2D eigenvalue weighted by atomic mass is 9.97. The van der Waals surface area contributed by atoms with Crippen LogP contribution in [0.1, 0.15) is 0 Å². The fourth-order valence-corrected chi connectivity index (χ4v) is 9.80. The third kappa shape index (κ3) is 6.74. The van der Waals surface area contributed by atoms with Gasteiger partial charge in [-0.1, -0.05) is 188 Å². The van der Waals surface area contributed by atoms with Gasteiger partial charge in [0.1, 0.15) is 0 Å². The Labute approximate surface area is 392 Å². The monoisotopic (exact) mass is 868 g/mol. The van der Waals surface area contributed by atoms with Crippen LogP contribution in [0.3, 0.4) is 0 Å². The van der Waals surface area contributed by atoms with Crippen molar-refractivity contribution in [1.82, 2.24) is 29.1 Å². The average molecular weight is 869 g/mol. The first-order valence-corrected chi connectivity index (χ1v) is 22.9. The first-order valence-electron chi connectivity index (χ1n) is 22.9. The summed E-state index contributed by atoms with van der Waals surface area (Å²) < 4.78 is 4.88. The summed E-state index contributed by atoms with van der Waals surface area (Å²) in [4.78, 5) is 20.9. The summed E-state index contributed by atoms with van der Waals surface area (Å²) in [6.45, 7) is 0. The summed E-state index contributed by atoms with van der Waals surface area (Å²) in [5.41, 5.74) is 15.1. The molecule has 4 aromatic heterocycles. The number of benzene rings is 9. The van der Waals surface area contributed by atoms with Crippen LogP contribution in [-0.4, -0.2) is 29.1 Å². The zero-order valence-corrected chi connectivity index (χ0v) is 36.8. The molecule has 9 aromatic carbocycles. The largest absolute Gasteiger partial charge is 0.307 e. The van der Waals surface area contributed by atoms with Crippen molar-refractivity contribution in [2.45, 2.75) is 0 Å². The summed E-state index contributed by atoms with van der Waals surface area (Å²) >= 11 is 0. The molecule has 6 heteroatoms. The van der Waals surface area contributed by atoms with Gasteiger partial charge in [-0.05, 0) is 65.7 Å². The van der Waals surface area contributed by atoms with E-state index in [1.165, 1.54) is 21.5 Å². The fraction of sp³-hybridized carbons (Fsp3) is 0. The van der Waals surface area contributed by atoms with Crippen LogP contribution in [0.15, 0.2) is 243 Å². The minimum atomic E-state index is 0.575. The molecule has 0 amide bonds. The standard InChI is InChI=1S/C62H40N6/c1-6-20-41(21-7-1)54-39-46(40-55(63-54)42-22-8-2-9-23-42)45-36-47(62-65-60(43-24-10-3-11-25-43)64-61(66-62)44-26-12-4-13-27-44)38-49(37-45)68-57-33-19-17-31-51(57)53-35-34-52-50-30-16-18-32-56(50)67(58(52)59(53)68)48-28-14-5-15-29-48/h1-40H. The van der Waals surface area contributed by atoms with E-state index < -0.39 is 0 Å². The Bertz CT molecular complexity index is 3730. The van der Waals surface area contributed by atoms with Gasteiger partial charge in [-0.15, -0.1) is 0 Å². The molecule has 6 nitrogen and oxygen atoms in total. The lowest BCUT2D eigenvalue weighted by Gasteiger charge is -2.16. The van der Waals surface area contributed by atoms with E-state index >= 15 is 0 Å². The number of para-hydroxylation sites is 3. The smallest absolute Gasteiger partial charge is 0.164 e. The van der Waals surface area contributed by atoms with Crippen molar-refractivity contribution < 1.29 is 0 Å². The van der Waals surface area contributed by atoms with Gasteiger partial charge in [0.2, 0.25) is 0 Å². The van der Waals surface area contributed by atoms with E-state index in [0.29, 0.717) is 17.5 Å². The van der Waals surface area contributed by atoms with Crippen molar-refractivity contribution in [3.8, 4) is 79.2 Å². The number of rotatable bonds is 8. The van der Waals surface area contributed by atoms with Crippen LogP contribution in [0.5, 0.6) is 0 Å². The molecule has 0 saturated heterocycles. The van der Waals surface area contributed by atoms with Crippen molar-refractivity contribution in [2.24, 2.45) is 0 Å². The Balaban J connectivity index is 1.16. The summed E-state index contributed by atoms with van der Waals surface area (Å²) in [5, 5.41) is 4.72. The predicted molar refractivity (Wildman–Crippen MR) is 279 cm³/mol. The molecule has 13 rings (SSSR count).